The molecule has 9 rings (SSSR count). The van der Waals surface area contributed by atoms with Crippen LogP contribution in [0.5, 0.6) is 0 Å². The molecule has 7 atom stereocenters. The molecule has 0 spiro atoms. The number of fused-ring (bicyclic) bond motifs is 7. The maximum absolute atomic E-state index is 14.5. The van der Waals surface area contributed by atoms with E-state index < -0.39 is 71.2 Å². The number of ether oxygens (including phenoxy) is 8. The van der Waals surface area contributed by atoms with E-state index in [0.29, 0.717) is 129 Å². The lowest BCUT2D eigenvalue weighted by Gasteiger charge is -2.22. The summed E-state index contributed by atoms with van der Waals surface area (Å²) in [6.45, 7) is 14.8. The summed E-state index contributed by atoms with van der Waals surface area (Å²) in [5, 5.41) is 27.6. The largest absolute Gasteiger partial charge is 0.480 e. The van der Waals surface area contributed by atoms with Gasteiger partial charge >= 0.3 is 24.0 Å². The molecule has 113 heavy (non-hydrogen) atoms. The zero-order chi connectivity index (χ0) is 81.3. The number of benzene rings is 1. The number of aromatic amines is 2. The van der Waals surface area contributed by atoms with Crippen LogP contribution in [0.25, 0.3) is 23.3 Å². The minimum Gasteiger partial charge on any atom is -0.480 e. The number of amides is 4. The first-order valence-corrected chi connectivity index (χ1v) is 39.8. The minimum absolute atomic E-state index is 0.00435. The quantitative estimate of drug-likeness (QED) is 0.00558. The Morgan fingerprint density at radius 2 is 1.34 bits per heavy atom. The van der Waals surface area contributed by atoms with Gasteiger partial charge in [-0.2, -0.15) is 4.98 Å². The number of hydrogen-bond donors (Lipinski definition) is 10. The third kappa shape index (κ3) is 24.0. The molecule has 5 aliphatic rings. The Morgan fingerprint density at radius 1 is 0.699 bits per heavy atom. The molecule has 0 saturated carbocycles. The van der Waals surface area contributed by atoms with Gasteiger partial charge in [0.05, 0.1) is 104 Å². The number of aliphatic carboxylic acids is 2. The number of nitrogens with two attached hydrogens (primary N) is 1. The Bertz CT molecular complexity index is 4490. The van der Waals surface area contributed by atoms with Crippen molar-refractivity contribution in [1.82, 2.24) is 46.4 Å². The number of carboxylic acid groups (broad SMARTS) is 2. The van der Waals surface area contributed by atoms with Crippen LogP contribution < -0.4 is 38.1 Å². The van der Waals surface area contributed by atoms with Crippen molar-refractivity contribution in [2.24, 2.45) is 39.6 Å². The smallest absolute Gasteiger partial charge is 0.426 e. The van der Waals surface area contributed by atoms with Crippen molar-refractivity contribution in [3.05, 3.63) is 120 Å². The maximum atomic E-state index is 14.5. The number of methoxy groups -OCH3 is 1. The van der Waals surface area contributed by atoms with Crippen molar-refractivity contribution < 1.29 is 96.1 Å². The molecule has 36 heteroatoms. The predicted octanol–water partition coefficient (Wildman–Crippen LogP) is 6.57. The standard InChI is InChI=1S/C77H97N13O21S2/c1-8-51-42(3)55-37-59-63(45(6)91)44(5)57(83-59)36-56-43(4)52(67(85-56)65-53-34-47(35-58(51)82-55)41(2)64(53)69(95)66(65)75(102)104-7)16-18-62(94)89-90-77(103)111-32-33-112-113-40-60(74(100)101)84-61(93)19-21-106-23-25-108-27-29-110-31-30-109-28-26-107-24-22-105-20-9-10-50(92)15-17-54(73(98)99)86-71(96)46-11-13-48(14-12-46)79-38-49-39-80-70-68(81-49)72(97)88-76(78)87-70/h11-14,35-37,39,42-43,51-52,54,60,66,79,83H,8-10,15-34,38,40H2,1-7H3,(H,84,93)(H,86,96)(H,89,94)(H,90,103)(H,98,99)(H,100,101)(H3,78,80,87,88,97)/t42-,43+,51-,52+,54+,60+,66?/m1/s1. The minimum atomic E-state index is -1.28. The summed E-state index contributed by atoms with van der Waals surface area (Å²) in [5.41, 5.74) is 19.7. The van der Waals surface area contributed by atoms with Gasteiger partial charge in [-0.25, -0.2) is 29.8 Å². The van der Waals surface area contributed by atoms with Crippen LogP contribution in [-0.4, -0.2) is 222 Å². The van der Waals surface area contributed by atoms with Crippen LogP contribution >= 0.6 is 21.6 Å². The number of aromatic nitrogens is 5. The number of anilines is 2. The Labute approximate surface area is 659 Å². The average molecular weight is 1600 g/mol. The number of nitrogens with zero attached hydrogens (tertiary/aromatic N) is 5. The summed E-state index contributed by atoms with van der Waals surface area (Å²) in [4.78, 5) is 170. The number of carbonyl (C=O) groups is 10. The van der Waals surface area contributed by atoms with E-state index in [2.05, 4.69) is 71.6 Å². The third-order valence-electron chi connectivity index (χ3n) is 19.6. The van der Waals surface area contributed by atoms with Gasteiger partial charge in [-0.3, -0.25) is 58.8 Å². The van der Waals surface area contributed by atoms with Crippen molar-refractivity contribution in [1.29, 1.82) is 0 Å². The van der Waals surface area contributed by atoms with Gasteiger partial charge in [0.25, 0.3) is 11.5 Å². The van der Waals surface area contributed by atoms with E-state index in [1.807, 2.05) is 32.9 Å². The molecule has 11 N–H and O–H groups in total. The summed E-state index contributed by atoms with van der Waals surface area (Å²) < 4.78 is 43.6. The number of carbonyl (C=O) groups excluding carboxylic acids is 8. The molecule has 0 saturated heterocycles. The van der Waals surface area contributed by atoms with Crippen molar-refractivity contribution in [2.75, 3.05) is 116 Å². The summed E-state index contributed by atoms with van der Waals surface area (Å²) in [7, 11) is 3.61. The Kier molecular flexibility index (Phi) is 32.8. The normalized spacial score (nSPS) is 18.1. The number of Topliss-reactive ketones (excluding diaryl/α,β-unsaturated/α-hetero) is 3. The highest BCUT2D eigenvalue weighted by molar-refractivity contribution is 8.76. The number of esters is 1. The molecule has 0 fully saturated rings. The molecule has 608 valence electrons. The molecule has 34 nitrogen and oxygen atoms in total. The van der Waals surface area contributed by atoms with Crippen LogP contribution in [0.15, 0.2) is 90.6 Å². The molecule has 2 aliphatic carbocycles. The molecule has 4 amide bonds. The van der Waals surface area contributed by atoms with Gasteiger partial charge in [0.15, 0.2) is 22.7 Å². The highest BCUT2D eigenvalue weighted by atomic mass is 33.1. The predicted molar refractivity (Wildman–Crippen MR) is 419 cm³/mol. The summed E-state index contributed by atoms with van der Waals surface area (Å²) in [6.07, 6.45) is 8.02. The first kappa shape index (κ1) is 86.9. The lowest BCUT2D eigenvalue weighted by atomic mass is 9.80. The Morgan fingerprint density at radius 3 is 1.98 bits per heavy atom. The fourth-order valence-corrected chi connectivity index (χ4v) is 15.6. The fourth-order valence-electron chi connectivity index (χ4n) is 13.6. The van der Waals surface area contributed by atoms with Gasteiger partial charge in [0, 0.05) is 124 Å². The van der Waals surface area contributed by atoms with E-state index in [1.165, 1.54) is 43.2 Å². The average Bonchev–Trinajstić information content (AvgIpc) is 1.56. The van der Waals surface area contributed by atoms with Crippen LogP contribution in [-0.2, 0) is 78.0 Å². The Balaban J connectivity index is 0.562. The van der Waals surface area contributed by atoms with E-state index in [9.17, 15) is 63.0 Å². The van der Waals surface area contributed by atoms with Crippen molar-refractivity contribution in [3.8, 4) is 0 Å². The van der Waals surface area contributed by atoms with Crippen LogP contribution in [0.4, 0.5) is 16.4 Å². The topological polar surface area (TPSA) is 483 Å². The number of carboxylic acids is 2. The zero-order valence-corrected chi connectivity index (χ0v) is 65.8. The molecule has 1 unspecified atom stereocenters. The van der Waals surface area contributed by atoms with Gasteiger partial charge in [-0.15, -0.1) is 0 Å². The second-order valence-corrected chi connectivity index (χ2v) is 29.9. The number of hydrazine groups is 1. The molecule has 6 heterocycles. The first-order valence-electron chi connectivity index (χ1n) is 37.3. The van der Waals surface area contributed by atoms with Gasteiger partial charge < -0.3 is 74.8 Å². The second kappa shape index (κ2) is 42.7. The van der Waals surface area contributed by atoms with Crippen LogP contribution in [0.2, 0.25) is 0 Å². The molecule has 3 aliphatic heterocycles. The fraction of sp³-hybridized carbons (Fsp3) is 0.506. The van der Waals surface area contributed by atoms with Crippen molar-refractivity contribution >= 4 is 127 Å². The van der Waals surface area contributed by atoms with E-state index >= 15 is 0 Å². The molecule has 8 bridgehead atoms. The first-order chi connectivity index (χ1) is 54.3. The van der Waals surface area contributed by atoms with E-state index in [4.69, 9.17) is 53.6 Å². The van der Waals surface area contributed by atoms with Gasteiger partial charge in [0.1, 0.15) is 30.4 Å². The second-order valence-electron chi connectivity index (χ2n) is 27.2. The third-order valence-corrected chi connectivity index (χ3v) is 22.0. The number of aliphatic imine (C=N–C) groups is 2. The van der Waals surface area contributed by atoms with Crippen molar-refractivity contribution in [2.45, 2.75) is 118 Å². The molecule has 0 radical (unpaired) electrons. The molecule has 1 aromatic carbocycles. The van der Waals surface area contributed by atoms with E-state index in [-0.39, 0.29) is 141 Å². The number of nitrogen functional groups attached to an aromatic ring is 1. The van der Waals surface area contributed by atoms with Crippen LogP contribution in [0, 0.1) is 36.5 Å². The number of ketones is 3. The number of rotatable bonds is 45. The molecular formula is C77H97N13O21S2. The number of allylic oxidation sites excluding steroid dienone is 7. The van der Waals surface area contributed by atoms with Crippen molar-refractivity contribution in [3.63, 3.8) is 0 Å². The van der Waals surface area contributed by atoms with Gasteiger partial charge in [-0.1, -0.05) is 42.4 Å². The summed E-state index contributed by atoms with van der Waals surface area (Å²) in [6, 6.07) is 3.79. The number of nitrogens with one attached hydrogen (secondary N) is 7. The van der Waals surface area contributed by atoms with Gasteiger partial charge in [0.2, 0.25) is 17.8 Å². The molecular weight excluding hydrogens is 1510 g/mol. The van der Waals surface area contributed by atoms with Gasteiger partial charge in [-0.05, 0) is 118 Å². The number of hydrogen-bond acceptors (Lipinski definition) is 28. The zero-order valence-electron chi connectivity index (χ0n) is 64.1. The van der Waals surface area contributed by atoms with E-state index in [0.717, 1.165) is 45.3 Å². The van der Waals surface area contributed by atoms with Crippen LogP contribution in [0.3, 0.4) is 0 Å². The SMILES string of the molecule is CC[C@H]1C2=NC(=Cc3[nH]c(c(C)c3C(C)=O)C=C3N=C(C4=C5CC(=C2)C(C)=C5C(=O)C4C(=O)OC)[C@@H](CCC(=O)NNC(=O)OCCSSC[C@H](NC(=O)CCOCCOCCOCCOCCOCCOCCCC(=O)CC[C@H](NC(=O)c2ccc(NCc4cnc5nc(N)[nH]c(=O)c5n4)cc2)C(=O)O)C(=O)O)[C@@H]3C)[C@@H]1C. The lowest BCUT2D eigenvalue weighted by Crippen LogP contribution is -2.42. The summed E-state index contributed by atoms with van der Waals surface area (Å²) >= 11 is 0. The van der Waals surface area contributed by atoms with Crippen LogP contribution in [0.1, 0.15) is 136 Å². The molecule has 3 aromatic heterocycles. The summed E-state index contributed by atoms with van der Waals surface area (Å²) in [5.74, 6) is -7.40. The lowest BCUT2D eigenvalue weighted by molar-refractivity contribution is -0.146. The highest BCUT2D eigenvalue weighted by Gasteiger charge is 2.51. The Hall–Kier alpha value is -10.1. The van der Waals surface area contributed by atoms with E-state index in [1.54, 1.807) is 12.1 Å². The number of H-pyrrole nitrogens is 2. The maximum Gasteiger partial charge on any atom is 0.426 e. The molecule has 4 aromatic rings. The monoisotopic (exact) mass is 1600 g/mol. The highest BCUT2D eigenvalue weighted by Crippen LogP contribution is 2.51.